The lowest BCUT2D eigenvalue weighted by Gasteiger charge is -2.12. The number of ether oxygens (including phenoxy) is 1. The summed E-state index contributed by atoms with van der Waals surface area (Å²) in [5.74, 6) is 0.837. The van der Waals surface area contributed by atoms with Gasteiger partial charge in [-0.3, -0.25) is 4.98 Å². The minimum atomic E-state index is -0.550. The van der Waals surface area contributed by atoms with Gasteiger partial charge in [-0.05, 0) is 46.7 Å². The van der Waals surface area contributed by atoms with Gasteiger partial charge in [0.05, 0.1) is 13.2 Å². The van der Waals surface area contributed by atoms with Gasteiger partial charge in [-0.25, -0.2) is 0 Å². The number of hydrogen-bond acceptors (Lipinski definition) is 3. The summed E-state index contributed by atoms with van der Waals surface area (Å²) in [4.78, 5) is 4.25. The lowest BCUT2D eigenvalue weighted by Crippen LogP contribution is -2.03. The van der Waals surface area contributed by atoms with Crippen molar-refractivity contribution in [2.45, 2.75) is 12.5 Å². The molecule has 106 valence electrons. The van der Waals surface area contributed by atoms with Crippen LogP contribution < -0.4 is 4.74 Å². The van der Waals surface area contributed by atoms with E-state index in [1.54, 1.807) is 13.3 Å². The number of benzene rings is 2. The van der Waals surface area contributed by atoms with Gasteiger partial charge >= 0.3 is 0 Å². The first-order chi connectivity index (χ1) is 10.3. The quantitative estimate of drug-likeness (QED) is 0.794. The number of aliphatic hydroxyl groups excluding tert-OH is 1. The maximum Gasteiger partial charge on any atom is 0.119 e. The molecule has 0 fully saturated rings. The average Bonchev–Trinajstić information content (AvgIpc) is 2.54. The Morgan fingerprint density at radius 2 is 1.86 bits per heavy atom. The van der Waals surface area contributed by atoms with E-state index in [-0.39, 0.29) is 0 Å². The van der Waals surface area contributed by atoms with Gasteiger partial charge in [-0.2, -0.15) is 0 Å². The van der Waals surface area contributed by atoms with E-state index in [9.17, 15) is 5.11 Å². The van der Waals surface area contributed by atoms with Crippen molar-refractivity contribution in [2.75, 3.05) is 7.11 Å². The molecule has 0 saturated heterocycles. The summed E-state index contributed by atoms with van der Waals surface area (Å²) in [6.45, 7) is 0. The molecule has 0 aliphatic heterocycles. The van der Waals surface area contributed by atoms with Crippen LogP contribution in [0.4, 0.5) is 0 Å². The highest BCUT2D eigenvalue weighted by Crippen LogP contribution is 2.25. The fraction of sp³-hybridized carbons (Fsp3) is 0.167. The molecule has 1 heterocycles. The van der Waals surface area contributed by atoms with Gasteiger partial charge in [0.15, 0.2) is 0 Å². The largest absolute Gasteiger partial charge is 0.497 e. The van der Waals surface area contributed by atoms with Crippen molar-refractivity contribution < 1.29 is 9.84 Å². The zero-order valence-electron chi connectivity index (χ0n) is 11.9. The maximum atomic E-state index is 10.4. The second-order valence-electron chi connectivity index (χ2n) is 5.01. The third-order valence-electron chi connectivity index (χ3n) is 3.58. The number of aliphatic hydroxyl groups is 1. The van der Waals surface area contributed by atoms with Crippen LogP contribution in [0.1, 0.15) is 17.4 Å². The van der Waals surface area contributed by atoms with Crippen molar-refractivity contribution in [3.8, 4) is 5.75 Å². The van der Waals surface area contributed by atoms with Crippen molar-refractivity contribution in [3.63, 3.8) is 0 Å². The molecule has 3 rings (SSSR count). The summed E-state index contributed by atoms with van der Waals surface area (Å²) in [5.41, 5.74) is 1.79. The predicted molar refractivity (Wildman–Crippen MR) is 83.4 cm³/mol. The summed E-state index contributed by atoms with van der Waals surface area (Å²) < 4.78 is 5.22. The molecular formula is C18H17NO2. The third kappa shape index (κ3) is 3.03. The molecule has 0 aliphatic carbocycles. The van der Waals surface area contributed by atoms with Crippen LogP contribution >= 0.6 is 0 Å². The van der Waals surface area contributed by atoms with E-state index in [0.717, 1.165) is 27.8 Å². The summed E-state index contributed by atoms with van der Waals surface area (Å²) in [6, 6.07) is 17.6. The number of methoxy groups -OCH3 is 1. The Hall–Kier alpha value is -2.39. The number of hydrogen-bond donors (Lipinski definition) is 1. The Balaban J connectivity index is 1.86. The topological polar surface area (TPSA) is 42.4 Å². The maximum absolute atomic E-state index is 10.4. The van der Waals surface area contributed by atoms with Gasteiger partial charge in [0.25, 0.3) is 0 Å². The molecule has 3 aromatic rings. The molecule has 1 N–H and O–H groups in total. The molecule has 21 heavy (non-hydrogen) atoms. The third-order valence-corrected chi connectivity index (χ3v) is 3.58. The molecule has 3 nitrogen and oxygen atoms in total. The molecule has 0 bridgehead atoms. The number of rotatable bonds is 4. The van der Waals surface area contributed by atoms with E-state index in [1.165, 1.54) is 0 Å². The van der Waals surface area contributed by atoms with Crippen molar-refractivity contribution in [1.29, 1.82) is 0 Å². The zero-order valence-corrected chi connectivity index (χ0v) is 11.9. The Kier molecular flexibility index (Phi) is 3.84. The van der Waals surface area contributed by atoms with Crippen molar-refractivity contribution in [2.24, 2.45) is 0 Å². The molecule has 0 saturated carbocycles. The molecule has 0 aliphatic rings. The normalized spacial score (nSPS) is 12.3. The number of aromatic nitrogens is 1. The van der Waals surface area contributed by atoms with Crippen molar-refractivity contribution in [3.05, 3.63) is 72.1 Å². The number of fused-ring (bicyclic) bond motifs is 1. The molecule has 1 unspecified atom stereocenters. The summed E-state index contributed by atoms with van der Waals surface area (Å²) in [5, 5.41) is 12.6. The first-order valence-electron chi connectivity index (χ1n) is 6.92. The molecule has 1 aromatic heterocycles. The zero-order chi connectivity index (χ0) is 14.7. The van der Waals surface area contributed by atoms with E-state index < -0.39 is 6.10 Å². The van der Waals surface area contributed by atoms with Crippen molar-refractivity contribution in [1.82, 2.24) is 4.98 Å². The van der Waals surface area contributed by atoms with Crippen molar-refractivity contribution >= 4 is 10.8 Å². The highest BCUT2D eigenvalue weighted by atomic mass is 16.5. The van der Waals surface area contributed by atoms with Crippen LogP contribution in [0.15, 0.2) is 60.8 Å². The van der Waals surface area contributed by atoms with Gasteiger partial charge in [0.1, 0.15) is 5.75 Å². The van der Waals surface area contributed by atoms with Crippen LogP contribution in [0.5, 0.6) is 5.75 Å². The molecule has 0 amide bonds. The van der Waals surface area contributed by atoms with E-state index >= 15 is 0 Å². The molecule has 0 spiro atoms. The molecule has 2 aromatic carbocycles. The lowest BCUT2D eigenvalue weighted by molar-refractivity contribution is 0.177. The summed E-state index contributed by atoms with van der Waals surface area (Å²) >= 11 is 0. The smallest absolute Gasteiger partial charge is 0.119 e. The van der Waals surface area contributed by atoms with Crippen LogP contribution in [-0.2, 0) is 6.42 Å². The first kappa shape index (κ1) is 13.6. The molecule has 1 atom stereocenters. The number of pyridine rings is 1. The molecule has 3 heteroatoms. The van der Waals surface area contributed by atoms with Crippen LogP contribution in [0.25, 0.3) is 10.8 Å². The second-order valence-corrected chi connectivity index (χ2v) is 5.01. The lowest BCUT2D eigenvalue weighted by atomic mass is 10.0. The monoisotopic (exact) mass is 279 g/mol. The van der Waals surface area contributed by atoms with Gasteiger partial charge in [0.2, 0.25) is 0 Å². The van der Waals surface area contributed by atoms with Gasteiger partial charge in [-0.1, -0.05) is 24.3 Å². The van der Waals surface area contributed by atoms with Crippen LogP contribution in [0.2, 0.25) is 0 Å². The van der Waals surface area contributed by atoms with E-state index in [0.29, 0.717) is 6.42 Å². The average molecular weight is 279 g/mol. The predicted octanol–water partition coefficient (Wildman–Crippen LogP) is 3.52. The van der Waals surface area contributed by atoms with E-state index in [1.807, 2.05) is 54.6 Å². The van der Waals surface area contributed by atoms with Crippen LogP contribution in [0.3, 0.4) is 0 Å². The van der Waals surface area contributed by atoms with Gasteiger partial charge in [-0.15, -0.1) is 0 Å². The standard InChI is InChI=1S/C18H17NO2/c1-21-17-8-7-13-10-15(6-5-14(13)11-17)18(20)12-16-4-2-3-9-19-16/h2-11,18,20H,12H2,1H3. The Morgan fingerprint density at radius 3 is 2.62 bits per heavy atom. The van der Waals surface area contributed by atoms with Crippen LogP contribution in [0, 0.1) is 0 Å². The Morgan fingerprint density at radius 1 is 1.05 bits per heavy atom. The Labute approximate surface area is 123 Å². The minimum absolute atomic E-state index is 0.516. The molecular weight excluding hydrogens is 262 g/mol. The van der Waals surface area contributed by atoms with E-state index in [2.05, 4.69) is 4.98 Å². The highest BCUT2D eigenvalue weighted by molar-refractivity contribution is 5.84. The van der Waals surface area contributed by atoms with E-state index in [4.69, 9.17) is 4.74 Å². The van der Waals surface area contributed by atoms with Gasteiger partial charge in [0, 0.05) is 18.3 Å². The summed E-state index contributed by atoms with van der Waals surface area (Å²) in [7, 11) is 1.66. The van der Waals surface area contributed by atoms with Crippen LogP contribution in [-0.4, -0.2) is 17.2 Å². The van der Waals surface area contributed by atoms with Gasteiger partial charge < -0.3 is 9.84 Å². The summed E-state index contributed by atoms with van der Waals surface area (Å²) in [6.07, 6.45) is 1.71. The fourth-order valence-corrected chi connectivity index (χ4v) is 2.41. The minimum Gasteiger partial charge on any atom is -0.497 e. The highest BCUT2D eigenvalue weighted by Gasteiger charge is 2.10. The number of nitrogens with zero attached hydrogens (tertiary/aromatic N) is 1. The molecule has 0 radical (unpaired) electrons. The second kappa shape index (κ2) is 5.94. The first-order valence-corrected chi connectivity index (χ1v) is 6.92. The fourth-order valence-electron chi connectivity index (χ4n) is 2.41. The Bertz CT molecular complexity index is 741. The SMILES string of the molecule is COc1ccc2cc(C(O)Cc3ccccn3)ccc2c1.